The highest BCUT2D eigenvalue weighted by molar-refractivity contribution is 7.22. The molecule has 3 aromatic heterocycles. The summed E-state index contributed by atoms with van der Waals surface area (Å²) in [4.78, 5) is 46.2. The molecule has 1 saturated carbocycles. The second kappa shape index (κ2) is 12.9. The normalized spacial score (nSPS) is 18.8. The maximum Gasteiger partial charge on any atom is 0.407 e. The third kappa shape index (κ3) is 6.48. The van der Waals surface area contributed by atoms with E-state index in [1.165, 1.54) is 17.7 Å². The van der Waals surface area contributed by atoms with Gasteiger partial charge in [-0.2, -0.15) is 0 Å². The number of benzene rings is 2. The molecule has 52 heavy (non-hydrogen) atoms. The number of carbonyl (C=O) groups excluding carboxylic acids is 3. The van der Waals surface area contributed by atoms with Crippen LogP contribution in [0.4, 0.5) is 9.18 Å². The van der Waals surface area contributed by atoms with Crippen molar-refractivity contribution < 1.29 is 28.2 Å². The molecule has 0 spiro atoms. The Hall–Kier alpha value is -4.97. The van der Waals surface area contributed by atoms with Crippen LogP contribution in [0, 0.1) is 12.8 Å². The van der Waals surface area contributed by atoms with E-state index >= 15 is 0 Å². The molecule has 0 bridgehead atoms. The number of ether oxygens (including phenoxy) is 2. The van der Waals surface area contributed by atoms with Gasteiger partial charge in [0.1, 0.15) is 23.2 Å². The van der Waals surface area contributed by atoms with Crippen molar-refractivity contribution in [2.45, 2.75) is 77.9 Å². The summed E-state index contributed by atoms with van der Waals surface area (Å²) in [5.74, 6) is 0.800. The zero-order valence-electron chi connectivity index (χ0n) is 30.0. The molecule has 0 radical (unpaired) electrons. The molecule has 1 aliphatic carbocycles. The number of nitrogens with zero attached hydrogens (tertiary/aromatic N) is 3. The van der Waals surface area contributed by atoms with E-state index in [-0.39, 0.29) is 31.3 Å². The van der Waals surface area contributed by atoms with Gasteiger partial charge < -0.3 is 29.6 Å². The number of hydrogen-bond donors (Lipinski definition) is 2. The summed E-state index contributed by atoms with van der Waals surface area (Å²) in [5.41, 5.74) is 6.25. The third-order valence-corrected chi connectivity index (χ3v) is 11.3. The second-order valence-corrected chi connectivity index (χ2v) is 16.3. The van der Waals surface area contributed by atoms with Gasteiger partial charge in [0.05, 0.1) is 36.0 Å². The van der Waals surface area contributed by atoms with Gasteiger partial charge in [-0.05, 0) is 100 Å². The van der Waals surface area contributed by atoms with Crippen molar-refractivity contribution >= 4 is 50.4 Å². The molecule has 2 fully saturated rings. The van der Waals surface area contributed by atoms with Gasteiger partial charge in [-0.15, -0.1) is 11.3 Å². The zero-order valence-corrected chi connectivity index (χ0v) is 30.8. The molecule has 270 valence electrons. The number of alkyl carbamates (subject to hydrolysis) is 1. The van der Waals surface area contributed by atoms with Crippen LogP contribution in [0.1, 0.15) is 71.9 Å². The number of fused-ring (bicyclic) bond motifs is 3. The van der Waals surface area contributed by atoms with Crippen molar-refractivity contribution in [3.63, 3.8) is 0 Å². The van der Waals surface area contributed by atoms with E-state index in [0.717, 1.165) is 60.6 Å². The topological polar surface area (TPSA) is 115 Å². The van der Waals surface area contributed by atoms with E-state index < -0.39 is 23.9 Å². The Morgan fingerprint density at radius 2 is 1.90 bits per heavy atom. The molecule has 2 aromatic carbocycles. The van der Waals surface area contributed by atoms with Crippen molar-refractivity contribution in [3.05, 3.63) is 70.8 Å². The Morgan fingerprint density at radius 1 is 1.10 bits per heavy atom. The number of likely N-dealkylation sites (tertiary alicyclic amines) is 1. The SMILES string of the molecule is COc1cc(C(=O)N2C[C@H](F)C[C@@H](NC(=O)OC(C)(C)C)C2)cc2sc(-c3cc4ccc(-c5ccc6c(c5)CNC6=O)nc4n3CC3CC3)c(C)c12. The van der Waals surface area contributed by atoms with E-state index in [4.69, 9.17) is 14.5 Å². The van der Waals surface area contributed by atoms with E-state index in [2.05, 4.69) is 34.3 Å². The lowest BCUT2D eigenvalue weighted by atomic mass is 10.0. The predicted octanol–water partition coefficient (Wildman–Crippen LogP) is 7.63. The Bertz CT molecular complexity index is 2270. The van der Waals surface area contributed by atoms with Crippen LogP contribution in [0.15, 0.2) is 48.5 Å². The molecule has 0 unspecified atom stereocenters. The summed E-state index contributed by atoms with van der Waals surface area (Å²) in [6, 6.07) is 15.3. The van der Waals surface area contributed by atoms with E-state index in [1.54, 1.807) is 45.3 Å². The summed E-state index contributed by atoms with van der Waals surface area (Å²) in [6.07, 6.45) is 0.549. The largest absolute Gasteiger partial charge is 0.496 e. The van der Waals surface area contributed by atoms with E-state index in [0.29, 0.717) is 29.3 Å². The molecule has 12 heteroatoms. The van der Waals surface area contributed by atoms with Gasteiger partial charge >= 0.3 is 6.09 Å². The number of aromatic nitrogens is 2. The second-order valence-electron chi connectivity index (χ2n) is 15.2. The van der Waals surface area contributed by atoms with Gasteiger partial charge in [-0.25, -0.2) is 14.2 Å². The van der Waals surface area contributed by atoms with Crippen LogP contribution in [0.25, 0.3) is 42.9 Å². The fourth-order valence-corrected chi connectivity index (χ4v) is 8.74. The number of halogens is 1. The molecule has 2 N–H and O–H groups in total. The van der Waals surface area contributed by atoms with Crippen molar-refractivity contribution in [1.82, 2.24) is 25.1 Å². The minimum Gasteiger partial charge on any atom is -0.496 e. The Morgan fingerprint density at radius 3 is 2.65 bits per heavy atom. The van der Waals surface area contributed by atoms with Crippen LogP contribution in [0.2, 0.25) is 0 Å². The highest BCUT2D eigenvalue weighted by Gasteiger charge is 2.33. The number of hydrogen-bond acceptors (Lipinski definition) is 7. The van der Waals surface area contributed by atoms with Crippen LogP contribution < -0.4 is 15.4 Å². The first-order chi connectivity index (χ1) is 24.8. The predicted molar refractivity (Wildman–Crippen MR) is 200 cm³/mol. The lowest BCUT2D eigenvalue weighted by molar-refractivity contribution is 0.0394. The number of amides is 3. The molecular weight excluding hydrogens is 682 g/mol. The quantitative estimate of drug-likeness (QED) is 0.179. The van der Waals surface area contributed by atoms with Gasteiger partial charge in [0.2, 0.25) is 0 Å². The van der Waals surface area contributed by atoms with Crippen molar-refractivity contribution in [3.8, 4) is 27.6 Å². The van der Waals surface area contributed by atoms with Crippen molar-refractivity contribution in [2.24, 2.45) is 5.92 Å². The van der Waals surface area contributed by atoms with Crippen LogP contribution in [0.3, 0.4) is 0 Å². The first-order valence-electron chi connectivity index (χ1n) is 17.8. The number of rotatable bonds is 7. The maximum atomic E-state index is 15.0. The van der Waals surface area contributed by atoms with Gasteiger partial charge in [-0.1, -0.05) is 6.07 Å². The third-order valence-electron chi connectivity index (χ3n) is 10.1. The molecule has 5 aromatic rings. The minimum absolute atomic E-state index is 0.0409. The van der Waals surface area contributed by atoms with Crippen LogP contribution >= 0.6 is 11.3 Å². The van der Waals surface area contributed by atoms with E-state index in [9.17, 15) is 18.8 Å². The molecule has 5 heterocycles. The molecule has 10 nitrogen and oxygen atoms in total. The van der Waals surface area contributed by atoms with Crippen molar-refractivity contribution in [2.75, 3.05) is 20.2 Å². The molecular formula is C40H42FN5O5S. The molecule has 8 rings (SSSR count). The van der Waals surface area contributed by atoms with Gasteiger partial charge in [0, 0.05) is 58.2 Å². The number of carbonyl (C=O) groups is 3. The first-order valence-corrected chi connectivity index (χ1v) is 18.6. The zero-order chi connectivity index (χ0) is 36.5. The molecule has 3 aliphatic rings. The standard InChI is InChI=1S/C40H42FN5O5S/c1-21-34-32(50-5)14-25(38(48)45-19-27(41)16-28(20-45)43-39(49)51-40(2,3)4)15-33(34)52-35(21)31-13-24-9-11-30(44-36(24)46(31)18-22-6-7-22)23-8-10-29-26(12-23)17-42-37(29)47/h8-15,22,27-28H,6-7,16-20H2,1-5H3,(H,42,47)(H,43,49)/t27-,28-/m1/s1. The lowest BCUT2D eigenvalue weighted by Crippen LogP contribution is -2.54. The lowest BCUT2D eigenvalue weighted by Gasteiger charge is -2.35. The summed E-state index contributed by atoms with van der Waals surface area (Å²) in [7, 11) is 1.60. The van der Waals surface area contributed by atoms with Gasteiger partial charge in [-0.3, -0.25) is 9.59 Å². The fourth-order valence-electron chi connectivity index (χ4n) is 7.44. The van der Waals surface area contributed by atoms with Gasteiger partial charge in [0.25, 0.3) is 11.8 Å². The summed E-state index contributed by atoms with van der Waals surface area (Å²) >= 11 is 1.60. The number of aryl methyl sites for hydroxylation is 1. The number of alkyl halides is 1. The van der Waals surface area contributed by atoms with Crippen LogP contribution in [-0.4, -0.2) is 70.4 Å². The van der Waals surface area contributed by atoms with Crippen LogP contribution in [-0.2, 0) is 17.8 Å². The number of piperidine rings is 1. The minimum atomic E-state index is -1.29. The summed E-state index contributed by atoms with van der Waals surface area (Å²) in [5, 5.41) is 7.61. The molecule has 2 atom stereocenters. The molecule has 2 aliphatic heterocycles. The summed E-state index contributed by atoms with van der Waals surface area (Å²) < 4.78 is 29.5. The highest BCUT2D eigenvalue weighted by atomic mass is 32.1. The van der Waals surface area contributed by atoms with Crippen LogP contribution in [0.5, 0.6) is 5.75 Å². The monoisotopic (exact) mass is 723 g/mol. The first kappa shape index (κ1) is 34.1. The average Bonchev–Trinajstić information content (AvgIpc) is 3.62. The Labute approximate surface area is 305 Å². The number of nitrogens with one attached hydrogen (secondary N) is 2. The molecule has 1 saturated heterocycles. The molecule has 3 amide bonds. The maximum absolute atomic E-state index is 15.0. The number of pyridine rings is 1. The smallest absolute Gasteiger partial charge is 0.407 e. The fraction of sp³-hybridized carbons (Fsp3) is 0.400. The van der Waals surface area contributed by atoms with Gasteiger partial charge in [0.15, 0.2) is 0 Å². The highest BCUT2D eigenvalue weighted by Crippen LogP contribution is 2.45. The van der Waals surface area contributed by atoms with E-state index in [1.807, 2.05) is 30.3 Å². The Kier molecular flexibility index (Phi) is 8.47. The number of methoxy groups -OCH3 is 1. The average molecular weight is 724 g/mol. The Balaban J connectivity index is 1.14. The number of thiophene rings is 1. The summed E-state index contributed by atoms with van der Waals surface area (Å²) in [6.45, 7) is 8.87. The van der Waals surface area contributed by atoms with Crippen molar-refractivity contribution in [1.29, 1.82) is 0 Å².